The third kappa shape index (κ3) is 3.86. The van der Waals surface area contributed by atoms with Crippen molar-refractivity contribution < 1.29 is 4.79 Å². The van der Waals surface area contributed by atoms with E-state index in [1.807, 2.05) is 19.1 Å². The summed E-state index contributed by atoms with van der Waals surface area (Å²) < 4.78 is 0. The maximum Gasteiger partial charge on any atom is 0.241 e. The first-order chi connectivity index (χ1) is 8.08. The van der Waals surface area contributed by atoms with Crippen LogP contribution in [0.15, 0.2) is 24.3 Å². The van der Waals surface area contributed by atoms with Crippen LogP contribution in [0.4, 0.5) is 5.69 Å². The zero-order valence-electron chi connectivity index (χ0n) is 10.9. The average molecular weight is 234 g/mol. The van der Waals surface area contributed by atoms with E-state index < -0.39 is 6.04 Å². The molecular formula is C14H22N2O. The van der Waals surface area contributed by atoms with E-state index in [2.05, 4.69) is 31.3 Å². The molecule has 1 aromatic carbocycles. The van der Waals surface area contributed by atoms with Gasteiger partial charge in [0.05, 0.1) is 6.04 Å². The van der Waals surface area contributed by atoms with Crippen molar-refractivity contribution in [2.75, 3.05) is 5.32 Å². The van der Waals surface area contributed by atoms with Crippen molar-refractivity contribution in [3.63, 3.8) is 0 Å². The molecule has 0 fully saturated rings. The van der Waals surface area contributed by atoms with E-state index in [0.717, 1.165) is 12.1 Å². The lowest BCUT2D eigenvalue weighted by Crippen LogP contribution is -2.34. The summed E-state index contributed by atoms with van der Waals surface area (Å²) in [6.07, 6.45) is 1.77. The highest BCUT2D eigenvalue weighted by atomic mass is 16.2. The van der Waals surface area contributed by atoms with Crippen LogP contribution in [-0.4, -0.2) is 11.9 Å². The van der Waals surface area contributed by atoms with Crippen LogP contribution in [-0.2, 0) is 4.79 Å². The van der Waals surface area contributed by atoms with Crippen molar-refractivity contribution in [2.45, 2.75) is 45.6 Å². The fourth-order valence-electron chi connectivity index (χ4n) is 1.55. The van der Waals surface area contributed by atoms with Gasteiger partial charge in [-0.1, -0.05) is 32.9 Å². The van der Waals surface area contributed by atoms with E-state index in [1.54, 1.807) is 0 Å². The molecule has 0 aliphatic rings. The predicted molar refractivity (Wildman–Crippen MR) is 72.0 cm³/mol. The van der Waals surface area contributed by atoms with Crippen LogP contribution in [0.3, 0.4) is 0 Å². The van der Waals surface area contributed by atoms with Gasteiger partial charge >= 0.3 is 0 Å². The highest BCUT2D eigenvalue weighted by Crippen LogP contribution is 2.20. The van der Waals surface area contributed by atoms with E-state index in [9.17, 15) is 4.79 Å². The number of nitrogens with one attached hydrogen (secondary N) is 1. The number of hydrogen-bond acceptors (Lipinski definition) is 2. The van der Waals surface area contributed by atoms with Crippen molar-refractivity contribution in [2.24, 2.45) is 5.73 Å². The molecule has 0 heterocycles. The number of carbonyl (C=O) groups excluding carboxylic acids is 1. The number of anilines is 1. The second-order valence-electron chi connectivity index (χ2n) is 4.44. The first-order valence-electron chi connectivity index (χ1n) is 6.24. The lowest BCUT2D eigenvalue weighted by molar-refractivity contribution is -0.117. The Labute approximate surface area is 103 Å². The fraction of sp³-hybridized carbons (Fsp3) is 0.500. The summed E-state index contributed by atoms with van der Waals surface area (Å²) in [6.45, 7) is 6.26. The molecule has 0 radical (unpaired) electrons. The minimum atomic E-state index is -0.427. The van der Waals surface area contributed by atoms with Gasteiger partial charge in [-0.15, -0.1) is 0 Å². The summed E-state index contributed by atoms with van der Waals surface area (Å²) in [5, 5.41) is 2.81. The van der Waals surface area contributed by atoms with Gasteiger partial charge in [-0.05, 0) is 36.5 Å². The molecule has 0 aliphatic carbocycles. The fourth-order valence-corrected chi connectivity index (χ4v) is 1.55. The van der Waals surface area contributed by atoms with Crippen molar-refractivity contribution in [1.29, 1.82) is 0 Å². The molecule has 0 saturated carbocycles. The number of carbonyl (C=O) groups is 1. The Hall–Kier alpha value is -1.35. The topological polar surface area (TPSA) is 55.1 Å². The zero-order valence-corrected chi connectivity index (χ0v) is 10.9. The van der Waals surface area contributed by atoms with Crippen LogP contribution in [0, 0.1) is 0 Å². The average Bonchev–Trinajstić information content (AvgIpc) is 2.37. The van der Waals surface area contributed by atoms with Crippen molar-refractivity contribution in [1.82, 2.24) is 0 Å². The molecular weight excluding hydrogens is 212 g/mol. The molecule has 0 saturated heterocycles. The molecule has 17 heavy (non-hydrogen) atoms. The molecule has 2 atom stereocenters. The molecule has 3 N–H and O–H groups in total. The van der Waals surface area contributed by atoms with Gasteiger partial charge in [0.1, 0.15) is 0 Å². The van der Waals surface area contributed by atoms with Gasteiger partial charge in [0.25, 0.3) is 0 Å². The minimum absolute atomic E-state index is 0.121. The Bertz CT molecular complexity index is 359. The van der Waals surface area contributed by atoms with Crippen LogP contribution >= 0.6 is 0 Å². The van der Waals surface area contributed by atoms with E-state index in [-0.39, 0.29) is 5.91 Å². The Morgan fingerprint density at radius 1 is 1.24 bits per heavy atom. The van der Waals surface area contributed by atoms with Crippen molar-refractivity contribution in [3.05, 3.63) is 29.8 Å². The summed E-state index contributed by atoms with van der Waals surface area (Å²) >= 11 is 0. The third-order valence-corrected chi connectivity index (χ3v) is 3.14. The number of rotatable bonds is 5. The van der Waals surface area contributed by atoms with Gasteiger partial charge in [0.15, 0.2) is 0 Å². The highest BCUT2D eigenvalue weighted by Gasteiger charge is 2.11. The molecule has 0 aliphatic heterocycles. The lowest BCUT2D eigenvalue weighted by atomic mass is 9.98. The molecule has 0 spiro atoms. The largest absolute Gasteiger partial charge is 0.325 e. The first-order valence-corrected chi connectivity index (χ1v) is 6.24. The second kappa shape index (κ2) is 6.40. The molecule has 0 aromatic heterocycles. The van der Waals surface area contributed by atoms with Crippen molar-refractivity contribution in [3.8, 4) is 0 Å². The SMILES string of the molecule is CCC(C)c1ccc(NC(=O)[C@H](N)CC)cc1. The third-order valence-electron chi connectivity index (χ3n) is 3.14. The van der Waals surface area contributed by atoms with Gasteiger partial charge in [-0.25, -0.2) is 0 Å². The second-order valence-corrected chi connectivity index (χ2v) is 4.44. The summed E-state index contributed by atoms with van der Waals surface area (Å²) in [6, 6.07) is 7.55. The molecule has 0 bridgehead atoms. The standard InChI is InChI=1S/C14H22N2O/c1-4-10(3)11-6-8-12(9-7-11)16-14(17)13(15)5-2/h6-10,13H,4-5,15H2,1-3H3,(H,16,17)/t10?,13-/m1/s1. The van der Waals surface area contributed by atoms with Crippen LogP contribution in [0.2, 0.25) is 0 Å². The van der Waals surface area contributed by atoms with Crippen LogP contribution < -0.4 is 11.1 Å². The van der Waals surface area contributed by atoms with E-state index in [4.69, 9.17) is 5.73 Å². The summed E-state index contributed by atoms with van der Waals surface area (Å²) in [7, 11) is 0. The van der Waals surface area contributed by atoms with E-state index >= 15 is 0 Å². The number of hydrogen-bond donors (Lipinski definition) is 2. The quantitative estimate of drug-likeness (QED) is 0.823. The zero-order chi connectivity index (χ0) is 12.8. The monoisotopic (exact) mass is 234 g/mol. The van der Waals surface area contributed by atoms with Crippen LogP contribution in [0.25, 0.3) is 0 Å². The molecule has 3 nitrogen and oxygen atoms in total. The lowest BCUT2D eigenvalue weighted by Gasteiger charge is -2.12. The highest BCUT2D eigenvalue weighted by molar-refractivity contribution is 5.94. The van der Waals surface area contributed by atoms with Gasteiger partial charge in [-0.2, -0.15) is 0 Å². The summed E-state index contributed by atoms with van der Waals surface area (Å²) in [4.78, 5) is 11.6. The van der Waals surface area contributed by atoms with Crippen LogP contribution in [0.1, 0.15) is 45.1 Å². The van der Waals surface area contributed by atoms with E-state index in [1.165, 1.54) is 5.56 Å². The molecule has 1 unspecified atom stereocenters. The first kappa shape index (κ1) is 13.7. The minimum Gasteiger partial charge on any atom is -0.325 e. The molecule has 1 aromatic rings. The van der Waals surface area contributed by atoms with Crippen molar-refractivity contribution >= 4 is 11.6 Å². The molecule has 3 heteroatoms. The van der Waals surface area contributed by atoms with Gasteiger partial charge in [0, 0.05) is 5.69 Å². The molecule has 94 valence electrons. The maximum absolute atomic E-state index is 11.6. The molecule has 1 amide bonds. The van der Waals surface area contributed by atoms with Gasteiger partial charge in [0.2, 0.25) is 5.91 Å². The summed E-state index contributed by atoms with van der Waals surface area (Å²) in [5.74, 6) is 0.432. The Morgan fingerprint density at radius 2 is 1.82 bits per heavy atom. The Kier molecular flexibility index (Phi) is 5.16. The Morgan fingerprint density at radius 3 is 2.29 bits per heavy atom. The van der Waals surface area contributed by atoms with Gasteiger partial charge < -0.3 is 11.1 Å². The van der Waals surface area contributed by atoms with E-state index in [0.29, 0.717) is 12.3 Å². The Balaban J connectivity index is 2.65. The van der Waals surface area contributed by atoms with Gasteiger partial charge in [-0.3, -0.25) is 4.79 Å². The molecule has 1 rings (SSSR count). The normalized spacial score (nSPS) is 14.1. The number of benzene rings is 1. The van der Waals surface area contributed by atoms with Crippen LogP contribution in [0.5, 0.6) is 0 Å². The summed E-state index contributed by atoms with van der Waals surface area (Å²) in [5.41, 5.74) is 7.76. The number of amides is 1. The smallest absolute Gasteiger partial charge is 0.241 e. The predicted octanol–water partition coefficient (Wildman–Crippen LogP) is 2.88. The number of nitrogens with two attached hydrogens (primary N) is 1. The maximum atomic E-state index is 11.6.